The van der Waals surface area contributed by atoms with Crippen molar-refractivity contribution >= 4 is 33.2 Å². The Morgan fingerprint density at radius 2 is 2.04 bits per heavy atom. The minimum Gasteiger partial charge on any atom is -0.341 e. The van der Waals surface area contributed by atoms with Crippen molar-refractivity contribution in [2.24, 2.45) is 5.92 Å². The zero-order valence-electron chi connectivity index (χ0n) is 15.1. The van der Waals surface area contributed by atoms with E-state index >= 15 is 0 Å². The van der Waals surface area contributed by atoms with E-state index in [1.165, 1.54) is 15.0 Å². The Kier molecular flexibility index (Phi) is 5.39. The van der Waals surface area contributed by atoms with Crippen molar-refractivity contribution in [2.75, 3.05) is 40.8 Å². The Labute approximate surface area is 152 Å². The van der Waals surface area contributed by atoms with Crippen LogP contribution in [-0.2, 0) is 16.1 Å². The van der Waals surface area contributed by atoms with Gasteiger partial charge in [-0.3, -0.25) is 9.59 Å². The van der Waals surface area contributed by atoms with Gasteiger partial charge in [-0.1, -0.05) is 18.2 Å². The summed E-state index contributed by atoms with van der Waals surface area (Å²) in [6, 6.07) is 10.4. The summed E-state index contributed by atoms with van der Waals surface area (Å²) in [6.07, 6.45) is 0.336. The lowest BCUT2D eigenvalue weighted by atomic mass is 10.1. The highest BCUT2D eigenvalue weighted by Crippen LogP contribution is 2.27. The number of carbonyl (C=O) groups excluding carboxylic acids is 2. The summed E-state index contributed by atoms with van der Waals surface area (Å²) in [6.45, 7) is 2.66. The monoisotopic (exact) mass is 359 g/mol. The quantitative estimate of drug-likeness (QED) is 0.795. The summed E-state index contributed by atoms with van der Waals surface area (Å²) >= 11 is 1.72. The zero-order valence-corrected chi connectivity index (χ0v) is 15.9. The molecular formula is C19H25N3O2S. The van der Waals surface area contributed by atoms with Crippen molar-refractivity contribution in [1.82, 2.24) is 14.7 Å². The van der Waals surface area contributed by atoms with Gasteiger partial charge in [-0.25, -0.2) is 0 Å². The van der Waals surface area contributed by atoms with Gasteiger partial charge in [0.1, 0.15) is 0 Å². The van der Waals surface area contributed by atoms with Crippen LogP contribution >= 0.6 is 11.3 Å². The summed E-state index contributed by atoms with van der Waals surface area (Å²) in [5, 5.41) is 1.22. The summed E-state index contributed by atoms with van der Waals surface area (Å²) in [5.74, 6) is -0.0531. The molecule has 0 spiro atoms. The third-order valence-corrected chi connectivity index (χ3v) is 5.73. The van der Waals surface area contributed by atoms with Crippen molar-refractivity contribution in [2.45, 2.75) is 13.0 Å². The van der Waals surface area contributed by atoms with Crippen LogP contribution in [-0.4, -0.2) is 67.3 Å². The molecule has 2 amide bonds. The lowest BCUT2D eigenvalue weighted by molar-refractivity contribution is -0.135. The second-order valence-corrected chi connectivity index (χ2v) is 8.16. The Balaban J connectivity index is 1.59. The van der Waals surface area contributed by atoms with Gasteiger partial charge >= 0.3 is 0 Å². The first-order valence-electron chi connectivity index (χ1n) is 8.59. The number of rotatable bonds is 6. The number of carbonyl (C=O) groups is 2. The topological polar surface area (TPSA) is 43.9 Å². The molecule has 5 nitrogen and oxygen atoms in total. The second-order valence-electron chi connectivity index (χ2n) is 6.99. The molecule has 1 fully saturated rings. The molecule has 0 bridgehead atoms. The average Bonchev–Trinajstić information content (AvgIpc) is 3.14. The highest BCUT2D eigenvalue weighted by Gasteiger charge is 2.35. The molecule has 25 heavy (non-hydrogen) atoms. The van der Waals surface area contributed by atoms with Crippen LogP contribution in [0.15, 0.2) is 30.3 Å². The molecule has 1 aromatic carbocycles. The van der Waals surface area contributed by atoms with Crippen molar-refractivity contribution in [3.05, 3.63) is 35.2 Å². The van der Waals surface area contributed by atoms with E-state index in [2.05, 4.69) is 23.1 Å². The van der Waals surface area contributed by atoms with Crippen molar-refractivity contribution < 1.29 is 9.59 Å². The average molecular weight is 359 g/mol. The minimum atomic E-state index is -0.214. The third kappa shape index (κ3) is 4.19. The standard InChI is InChI=1S/C19H25N3O2S/c1-20(2)8-9-22-12-15(11-18(22)23)19(24)21(3)13-16-10-14-6-4-5-7-17(14)25-16/h4-7,10,15H,8-9,11-13H2,1-3H3/t15-/m1/s1. The van der Waals surface area contributed by atoms with Crippen LogP contribution in [0.1, 0.15) is 11.3 Å². The van der Waals surface area contributed by atoms with Gasteiger partial charge in [0.15, 0.2) is 0 Å². The molecule has 1 aliphatic rings. The molecule has 134 valence electrons. The highest BCUT2D eigenvalue weighted by atomic mass is 32.1. The van der Waals surface area contributed by atoms with Crippen LogP contribution < -0.4 is 0 Å². The summed E-state index contributed by atoms with van der Waals surface area (Å²) in [5.41, 5.74) is 0. The molecule has 1 aliphatic heterocycles. The molecule has 0 saturated carbocycles. The summed E-state index contributed by atoms with van der Waals surface area (Å²) in [4.78, 5) is 31.7. The highest BCUT2D eigenvalue weighted by molar-refractivity contribution is 7.19. The van der Waals surface area contributed by atoms with E-state index < -0.39 is 0 Å². The Morgan fingerprint density at radius 1 is 1.28 bits per heavy atom. The van der Waals surface area contributed by atoms with Crippen molar-refractivity contribution in [3.8, 4) is 0 Å². The minimum absolute atomic E-state index is 0.0677. The first-order chi connectivity index (χ1) is 11.9. The van der Waals surface area contributed by atoms with Gasteiger partial charge in [-0.15, -0.1) is 11.3 Å². The van der Waals surface area contributed by atoms with E-state index in [0.29, 0.717) is 26.1 Å². The Morgan fingerprint density at radius 3 is 2.76 bits per heavy atom. The van der Waals surface area contributed by atoms with Gasteiger partial charge in [-0.05, 0) is 31.6 Å². The van der Waals surface area contributed by atoms with Crippen molar-refractivity contribution in [1.29, 1.82) is 0 Å². The fraction of sp³-hybridized carbons (Fsp3) is 0.474. The summed E-state index contributed by atoms with van der Waals surface area (Å²) in [7, 11) is 5.81. The number of likely N-dealkylation sites (tertiary alicyclic amines) is 1. The second kappa shape index (κ2) is 7.54. The molecule has 0 aliphatic carbocycles. The number of hydrogen-bond donors (Lipinski definition) is 0. The van der Waals surface area contributed by atoms with Gasteiger partial charge in [0.25, 0.3) is 0 Å². The number of hydrogen-bond acceptors (Lipinski definition) is 4. The van der Waals surface area contributed by atoms with Crippen LogP contribution in [0.25, 0.3) is 10.1 Å². The maximum absolute atomic E-state index is 12.7. The predicted octanol–water partition coefficient (Wildman–Crippen LogP) is 2.27. The molecule has 1 saturated heterocycles. The molecule has 1 atom stereocenters. The molecule has 1 aromatic heterocycles. The van der Waals surface area contributed by atoms with Crippen LogP contribution in [0.5, 0.6) is 0 Å². The van der Waals surface area contributed by atoms with Crippen LogP contribution in [0.2, 0.25) is 0 Å². The normalized spacial score (nSPS) is 17.7. The van der Waals surface area contributed by atoms with Crippen molar-refractivity contribution in [3.63, 3.8) is 0 Å². The first kappa shape index (κ1) is 17.9. The smallest absolute Gasteiger partial charge is 0.228 e. The zero-order chi connectivity index (χ0) is 18.0. The van der Waals surface area contributed by atoms with E-state index in [0.717, 1.165) is 6.54 Å². The maximum Gasteiger partial charge on any atom is 0.228 e. The molecule has 3 rings (SSSR count). The third-order valence-electron chi connectivity index (χ3n) is 4.63. The van der Waals surface area contributed by atoms with E-state index in [1.807, 2.05) is 38.2 Å². The predicted molar refractivity (Wildman–Crippen MR) is 102 cm³/mol. The molecule has 0 unspecified atom stereocenters. The van der Waals surface area contributed by atoms with E-state index in [1.54, 1.807) is 16.2 Å². The number of amides is 2. The number of benzene rings is 1. The molecule has 0 N–H and O–H groups in total. The molecule has 2 aromatic rings. The van der Waals surface area contributed by atoms with Crippen LogP contribution in [0.4, 0.5) is 0 Å². The van der Waals surface area contributed by atoms with Gasteiger partial charge in [-0.2, -0.15) is 0 Å². The molecule has 6 heteroatoms. The number of likely N-dealkylation sites (N-methyl/N-ethyl adjacent to an activating group) is 1. The SMILES string of the molecule is CN(C)CCN1C[C@H](C(=O)N(C)Cc2cc3ccccc3s2)CC1=O. The van der Waals surface area contributed by atoms with Gasteiger partial charge in [0.05, 0.1) is 12.5 Å². The largest absolute Gasteiger partial charge is 0.341 e. The molecule has 0 radical (unpaired) electrons. The molecular weight excluding hydrogens is 334 g/mol. The summed E-state index contributed by atoms with van der Waals surface area (Å²) < 4.78 is 1.24. The lowest BCUT2D eigenvalue weighted by Crippen LogP contribution is -2.36. The van der Waals surface area contributed by atoms with E-state index in [-0.39, 0.29) is 17.7 Å². The number of thiophene rings is 1. The number of fused-ring (bicyclic) bond motifs is 1. The lowest BCUT2D eigenvalue weighted by Gasteiger charge is -2.21. The van der Waals surface area contributed by atoms with Gasteiger partial charge in [0.2, 0.25) is 11.8 Å². The molecule has 2 heterocycles. The van der Waals surface area contributed by atoms with E-state index in [9.17, 15) is 9.59 Å². The van der Waals surface area contributed by atoms with Gasteiger partial charge in [0, 0.05) is 42.7 Å². The van der Waals surface area contributed by atoms with Gasteiger partial charge < -0.3 is 14.7 Å². The fourth-order valence-electron chi connectivity index (χ4n) is 3.21. The first-order valence-corrected chi connectivity index (χ1v) is 9.40. The Hall–Kier alpha value is -1.92. The Bertz CT molecular complexity index is 738. The van der Waals surface area contributed by atoms with Crippen LogP contribution in [0, 0.1) is 5.92 Å². The number of nitrogens with zero attached hydrogens (tertiary/aromatic N) is 3. The van der Waals surface area contributed by atoms with E-state index in [4.69, 9.17) is 0 Å². The fourth-order valence-corrected chi connectivity index (χ4v) is 4.33. The maximum atomic E-state index is 12.7. The van der Waals surface area contributed by atoms with Crippen LogP contribution in [0.3, 0.4) is 0 Å².